The number of ketones is 1. The van der Waals surface area contributed by atoms with Crippen molar-refractivity contribution < 1.29 is 4.79 Å². The van der Waals surface area contributed by atoms with E-state index in [9.17, 15) is 4.79 Å². The summed E-state index contributed by atoms with van der Waals surface area (Å²) in [6.07, 6.45) is 7.71. The highest BCUT2D eigenvalue weighted by atomic mass is 32.2. The lowest BCUT2D eigenvalue weighted by atomic mass is 9.84. The molecule has 1 aromatic heterocycles. The maximum Gasteiger partial charge on any atom is 0.161 e. The molecule has 0 saturated heterocycles. The lowest BCUT2D eigenvalue weighted by Crippen LogP contribution is -2.40. The fourth-order valence-electron chi connectivity index (χ4n) is 1.98. The number of anilines is 1. The second kappa shape index (κ2) is 5.08. The average Bonchev–Trinajstić information content (AvgIpc) is 2.29. The van der Waals surface area contributed by atoms with Crippen LogP contribution in [0.4, 0.5) is 5.82 Å². The van der Waals surface area contributed by atoms with Crippen LogP contribution in [-0.2, 0) is 0 Å². The SMILES string of the molecule is CSC1(CNc2ccc(C(C)=O)cn2)CCC1. The molecule has 0 unspecified atom stereocenters. The number of carbonyl (C=O) groups is 1. The van der Waals surface area contributed by atoms with Gasteiger partial charge in [0.1, 0.15) is 5.82 Å². The molecule has 3 nitrogen and oxygen atoms in total. The van der Waals surface area contributed by atoms with Gasteiger partial charge in [0.25, 0.3) is 0 Å². The third-order valence-corrected chi connectivity index (χ3v) is 4.88. The van der Waals surface area contributed by atoms with Gasteiger partial charge in [0.05, 0.1) is 0 Å². The van der Waals surface area contributed by atoms with Crippen molar-refractivity contribution in [3.63, 3.8) is 0 Å². The molecule has 0 atom stereocenters. The molecule has 1 fully saturated rings. The molecule has 1 saturated carbocycles. The largest absolute Gasteiger partial charge is 0.369 e. The fourth-order valence-corrected chi connectivity index (χ4v) is 2.90. The van der Waals surface area contributed by atoms with Crippen LogP contribution in [0.3, 0.4) is 0 Å². The summed E-state index contributed by atoms with van der Waals surface area (Å²) in [5.41, 5.74) is 0.666. The van der Waals surface area contributed by atoms with E-state index in [1.807, 2.05) is 23.9 Å². The fraction of sp³-hybridized carbons (Fsp3) is 0.538. The van der Waals surface area contributed by atoms with Crippen LogP contribution in [0.25, 0.3) is 0 Å². The van der Waals surface area contributed by atoms with Gasteiger partial charge in [-0.15, -0.1) is 0 Å². The molecule has 0 amide bonds. The van der Waals surface area contributed by atoms with Crippen molar-refractivity contribution in [3.8, 4) is 0 Å². The summed E-state index contributed by atoms with van der Waals surface area (Å²) in [4.78, 5) is 15.4. The molecule has 1 aliphatic rings. The molecule has 2 rings (SSSR count). The Labute approximate surface area is 106 Å². The zero-order valence-electron chi connectivity index (χ0n) is 10.3. The maximum atomic E-state index is 11.1. The number of Topliss-reactive ketones (excluding diaryl/α,β-unsaturated/α-hetero) is 1. The average molecular weight is 250 g/mol. The molecule has 0 aliphatic heterocycles. The van der Waals surface area contributed by atoms with Gasteiger partial charge in [0, 0.05) is 23.1 Å². The van der Waals surface area contributed by atoms with Crippen molar-refractivity contribution in [2.24, 2.45) is 0 Å². The quantitative estimate of drug-likeness (QED) is 0.816. The monoisotopic (exact) mass is 250 g/mol. The summed E-state index contributed by atoms with van der Waals surface area (Å²) in [5, 5.41) is 3.36. The minimum absolute atomic E-state index is 0.0589. The zero-order chi connectivity index (χ0) is 12.3. The molecule has 17 heavy (non-hydrogen) atoms. The van der Waals surface area contributed by atoms with Crippen molar-refractivity contribution >= 4 is 23.4 Å². The molecule has 1 heterocycles. The molecular weight excluding hydrogens is 232 g/mol. The van der Waals surface area contributed by atoms with E-state index in [2.05, 4.69) is 16.6 Å². The highest BCUT2D eigenvalue weighted by molar-refractivity contribution is 8.00. The van der Waals surface area contributed by atoms with E-state index in [0.29, 0.717) is 10.3 Å². The van der Waals surface area contributed by atoms with E-state index in [4.69, 9.17) is 0 Å². The molecule has 0 spiro atoms. The van der Waals surface area contributed by atoms with E-state index in [1.54, 1.807) is 13.1 Å². The molecule has 1 N–H and O–H groups in total. The number of carbonyl (C=O) groups excluding carboxylic acids is 1. The first-order valence-electron chi connectivity index (χ1n) is 5.91. The van der Waals surface area contributed by atoms with Gasteiger partial charge in [-0.3, -0.25) is 4.79 Å². The van der Waals surface area contributed by atoms with Crippen LogP contribution in [0.15, 0.2) is 18.3 Å². The van der Waals surface area contributed by atoms with Crippen LogP contribution < -0.4 is 5.32 Å². The Bertz CT molecular complexity index is 393. The summed E-state index contributed by atoms with van der Waals surface area (Å²) in [6.45, 7) is 2.52. The number of hydrogen-bond acceptors (Lipinski definition) is 4. The molecule has 4 heteroatoms. The predicted molar refractivity (Wildman–Crippen MR) is 72.8 cm³/mol. The highest BCUT2D eigenvalue weighted by Crippen LogP contribution is 2.42. The minimum atomic E-state index is 0.0589. The summed E-state index contributed by atoms with van der Waals surface area (Å²) in [5.74, 6) is 0.916. The van der Waals surface area contributed by atoms with Gasteiger partial charge in [0.15, 0.2) is 5.78 Å². The van der Waals surface area contributed by atoms with Crippen LogP contribution >= 0.6 is 11.8 Å². The van der Waals surface area contributed by atoms with Crippen molar-refractivity contribution in [1.82, 2.24) is 4.98 Å². The van der Waals surface area contributed by atoms with E-state index >= 15 is 0 Å². The lowest BCUT2D eigenvalue weighted by Gasteiger charge is -2.40. The Morgan fingerprint density at radius 2 is 2.29 bits per heavy atom. The third-order valence-electron chi connectivity index (χ3n) is 3.46. The molecule has 1 aliphatic carbocycles. The van der Waals surface area contributed by atoms with Crippen molar-refractivity contribution in [2.75, 3.05) is 18.1 Å². The number of hydrogen-bond donors (Lipinski definition) is 1. The number of rotatable bonds is 5. The second-order valence-corrected chi connectivity index (χ2v) is 5.86. The number of nitrogens with one attached hydrogen (secondary N) is 1. The molecule has 0 bridgehead atoms. The number of thioether (sulfide) groups is 1. The number of nitrogens with zero attached hydrogens (tertiary/aromatic N) is 1. The van der Waals surface area contributed by atoms with E-state index in [-0.39, 0.29) is 5.78 Å². The Hall–Kier alpha value is -1.03. The van der Waals surface area contributed by atoms with Gasteiger partial charge in [-0.05, 0) is 38.2 Å². The Kier molecular flexibility index (Phi) is 3.72. The summed E-state index contributed by atoms with van der Waals surface area (Å²) >= 11 is 1.94. The third kappa shape index (κ3) is 2.80. The van der Waals surface area contributed by atoms with Crippen molar-refractivity contribution in [2.45, 2.75) is 30.9 Å². The zero-order valence-corrected chi connectivity index (χ0v) is 11.1. The lowest BCUT2D eigenvalue weighted by molar-refractivity contribution is 0.101. The number of pyridine rings is 1. The Balaban J connectivity index is 1.93. The first kappa shape index (κ1) is 12.4. The molecule has 0 aromatic carbocycles. The van der Waals surface area contributed by atoms with Gasteiger partial charge in [0.2, 0.25) is 0 Å². The smallest absolute Gasteiger partial charge is 0.161 e. The maximum absolute atomic E-state index is 11.1. The van der Waals surface area contributed by atoms with Crippen LogP contribution in [0.5, 0.6) is 0 Å². The first-order valence-corrected chi connectivity index (χ1v) is 7.14. The summed E-state index contributed by atoms with van der Waals surface area (Å²) < 4.78 is 0.404. The van der Waals surface area contributed by atoms with Crippen molar-refractivity contribution in [1.29, 1.82) is 0 Å². The molecule has 92 valence electrons. The Morgan fingerprint density at radius 3 is 2.71 bits per heavy atom. The standard InChI is InChI=1S/C13H18N2OS/c1-10(16)11-4-5-12(14-8-11)15-9-13(17-2)6-3-7-13/h4-5,8H,3,6-7,9H2,1-2H3,(H,14,15). The van der Waals surface area contributed by atoms with Gasteiger partial charge in [-0.1, -0.05) is 6.42 Å². The van der Waals surface area contributed by atoms with Gasteiger partial charge in [-0.25, -0.2) is 4.98 Å². The van der Waals surface area contributed by atoms with Crippen LogP contribution in [0, 0.1) is 0 Å². The highest BCUT2D eigenvalue weighted by Gasteiger charge is 2.35. The first-order chi connectivity index (χ1) is 8.15. The van der Waals surface area contributed by atoms with E-state index in [0.717, 1.165) is 12.4 Å². The Morgan fingerprint density at radius 1 is 1.53 bits per heavy atom. The van der Waals surface area contributed by atoms with E-state index < -0.39 is 0 Å². The van der Waals surface area contributed by atoms with Crippen LogP contribution in [0.2, 0.25) is 0 Å². The normalized spacial score (nSPS) is 17.3. The van der Waals surface area contributed by atoms with Gasteiger partial charge >= 0.3 is 0 Å². The van der Waals surface area contributed by atoms with Crippen LogP contribution in [-0.4, -0.2) is 28.3 Å². The predicted octanol–water partition coefficient (Wildman–Crippen LogP) is 2.98. The molecular formula is C13H18N2OS. The van der Waals surface area contributed by atoms with Gasteiger partial charge < -0.3 is 5.32 Å². The van der Waals surface area contributed by atoms with Crippen LogP contribution in [0.1, 0.15) is 36.5 Å². The van der Waals surface area contributed by atoms with Gasteiger partial charge in [-0.2, -0.15) is 11.8 Å². The van der Waals surface area contributed by atoms with Crippen molar-refractivity contribution in [3.05, 3.63) is 23.9 Å². The second-order valence-electron chi connectivity index (χ2n) is 4.58. The summed E-state index contributed by atoms with van der Waals surface area (Å²) in [7, 11) is 0. The topological polar surface area (TPSA) is 42.0 Å². The summed E-state index contributed by atoms with van der Waals surface area (Å²) in [6, 6.07) is 3.70. The number of aromatic nitrogens is 1. The molecule has 1 aromatic rings. The van der Waals surface area contributed by atoms with E-state index in [1.165, 1.54) is 19.3 Å². The molecule has 0 radical (unpaired) electrons. The minimum Gasteiger partial charge on any atom is -0.369 e.